The average molecular weight is 247 g/mol. The molecule has 0 saturated heterocycles. The lowest BCUT2D eigenvalue weighted by Gasteiger charge is -2.04. The number of carboxylic acid groups (broad SMARTS) is 1. The highest BCUT2D eigenvalue weighted by Gasteiger charge is 2.08. The van der Waals surface area contributed by atoms with Gasteiger partial charge in [0.25, 0.3) is 0 Å². The topological polar surface area (TPSA) is 156 Å². The van der Waals surface area contributed by atoms with Crippen molar-refractivity contribution in [2.45, 2.75) is 0 Å². The molecule has 0 aromatic heterocycles. The fraction of sp³-hybridized carbons (Fsp3) is 0. The highest BCUT2D eigenvalue weighted by atomic mass is 16.4. The molecule has 0 bridgehead atoms. The first kappa shape index (κ1) is 13.0. The quantitative estimate of drug-likeness (QED) is 0.223. The summed E-state index contributed by atoms with van der Waals surface area (Å²) in [7, 11) is 0. The number of hydrogen-bond donors (Lipinski definition) is 5. The van der Waals surface area contributed by atoms with Crippen LogP contribution in [0, 0.1) is 16.7 Å². The maximum Gasteiger partial charge on any atom is 0.335 e. The third-order valence-electron chi connectivity index (χ3n) is 1.89. The normalized spacial score (nSPS) is 10.5. The minimum absolute atomic E-state index is 0.0888. The number of aromatic carboxylic acids is 1. The fourth-order valence-corrected chi connectivity index (χ4v) is 1.02. The van der Waals surface area contributed by atoms with Crippen molar-refractivity contribution in [1.82, 2.24) is 0 Å². The van der Waals surface area contributed by atoms with Crippen molar-refractivity contribution in [2.24, 2.45) is 10.8 Å². The van der Waals surface area contributed by atoms with E-state index in [1.165, 1.54) is 12.1 Å². The predicted molar refractivity (Wildman–Crippen MR) is 63.7 cm³/mol. The molecule has 92 valence electrons. The molecule has 1 aromatic rings. The van der Waals surface area contributed by atoms with E-state index in [2.05, 4.69) is 10.5 Å². The van der Waals surface area contributed by atoms with Crippen LogP contribution in [0.15, 0.2) is 23.3 Å². The third kappa shape index (κ3) is 2.96. The van der Waals surface area contributed by atoms with Crippen LogP contribution in [0.4, 0.5) is 5.69 Å². The van der Waals surface area contributed by atoms with Gasteiger partial charge in [-0.3, -0.25) is 10.8 Å². The summed E-state index contributed by atoms with van der Waals surface area (Å²) in [4.78, 5) is 10.6. The van der Waals surface area contributed by atoms with E-state index in [1.54, 1.807) is 6.07 Å². The summed E-state index contributed by atoms with van der Waals surface area (Å²) in [5.41, 5.74) is 7.03. The number of rotatable bonds is 4. The largest absolute Gasteiger partial charge is 0.506 e. The van der Waals surface area contributed by atoms with E-state index in [-0.39, 0.29) is 22.7 Å². The molecule has 1 rings (SSSR count). The monoisotopic (exact) mass is 247 g/mol. The Labute approximate surface area is 101 Å². The summed E-state index contributed by atoms with van der Waals surface area (Å²) < 4.78 is 0. The number of hydrogen-bond acceptors (Lipinski definition) is 6. The second-order valence-electron chi connectivity index (χ2n) is 3.13. The number of anilines is 1. The molecule has 0 aliphatic heterocycles. The summed E-state index contributed by atoms with van der Waals surface area (Å²) >= 11 is 0. The maximum absolute atomic E-state index is 10.6. The van der Waals surface area contributed by atoms with Crippen LogP contribution in [0.1, 0.15) is 10.4 Å². The van der Waals surface area contributed by atoms with E-state index in [0.29, 0.717) is 0 Å². The molecular formula is C10H9N5O3. The van der Waals surface area contributed by atoms with Gasteiger partial charge in [0.1, 0.15) is 11.8 Å². The van der Waals surface area contributed by atoms with Crippen LogP contribution in [-0.4, -0.2) is 27.7 Å². The Hall–Kier alpha value is -3.08. The maximum atomic E-state index is 10.6. The third-order valence-corrected chi connectivity index (χ3v) is 1.89. The SMILES string of the molecule is N#C/C(=N\Nc1ccc(C(=O)O)cc1O)C(=N)N. The van der Waals surface area contributed by atoms with Crippen molar-refractivity contribution in [3.05, 3.63) is 23.8 Å². The number of amidine groups is 1. The van der Waals surface area contributed by atoms with Crippen LogP contribution in [0.5, 0.6) is 5.75 Å². The lowest BCUT2D eigenvalue weighted by molar-refractivity contribution is 0.0696. The molecular weight excluding hydrogens is 238 g/mol. The van der Waals surface area contributed by atoms with Gasteiger partial charge in [0.05, 0.1) is 11.3 Å². The van der Waals surface area contributed by atoms with Crippen LogP contribution >= 0.6 is 0 Å². The number of carbonyl (C=O) groups is 1. The van der Waals surface area contributed by atoms with Gasteiger partial charge < -0.3 is 15.9 Å². The molecule has 0 aliphatic carbocycles. The Morgan fingerprint density at radius 3 is 2.67 bits per heavy atom. The number of hydrazone groups is 1. The number of phenolic OH excluding ortho intramolecular Hbond substituents is 1. The zero-order valence-corrected chi connectivity index (χ0v) is 9.01. The molecule has 0 heterocycles. The molecule has 8 heteroatoms. The number of benzene rings is 1. The smallest absolute Gasteiger partial charge is 0.335 e. The molecule has 8 nitrogen and oxygen atoms in total. The van der Waals surface area contributed by atoms with Gasteiger partial charge in [-0.15, -0.1) is 0 Å². The van der Waals surface area contributed by atoms with E-state index < -0.39 is 11.8 Å². The number of nitriles is 1. The van der Waals surface area contributed by atoms with E-state index in [1.807, 2.05) is 0 Å². The minimum atomic E-state index is -1.18. The second-order valence-corrected chi connectivity index (χ2v) is 3.13. The van der Waals surface area contributed by atoms with Gasteiger partial charge in [0.15, 0.2) is 5.84 Å². The highest BCUT2D eigenvalue weighted by Crippen LogP contribution is 2.24. The summed E-state index contributed by atoms with van der Waals surface area (Å²) in [5, 5.41) is 37.3. The van der Waals surface area contributed by atoms with Gasteiger partial charge in [0.2, 0.25) is 5.71 Å². The Morgan fingerprint density at radius 2 is 2.22 bits per heavy atom. The van der Waals surface area contributed by atoms with Crippen molar-refractivity contribution >= 4 is 23.2 Å². The molecule has 18 heavy (non-hydrogen) atoms. The van der Waals surface area contributed by atoms with E-state index in [4.69, 9.17) is 21.5 Å². The second kappa shape index (κ2) is 5.31. The molecule has 0 saturated carbocycles. The van der Waals surface area contributed by atoms with E-state index in [9.17, 15) is 9.90 Å². The van der Waals surface area contributed by atoms with Crippen LogP contribution < -0.4 is 11.2 Å². The van der Waals surface area contributed by atoms with Gasteiger partial charge in [-0.25, -0.2) is 4.79 Å². The van der Waals surface area contributed by atoms with Crippen molar-refractivity contribution < 1.29 is 15.0 Å². The van der Waals surface area contributed by atoms with Crippen LogP contribution in [-0.2, 0) is 0 Å². The number of phenols is 1. The summed E-state index contributed by atoms with van der Waals surface area (Å²) in [6.45, 7) is 0. The van der Waals surface area contributed by atoms with Crippen LogP contribution in [0.3, 0.4) is 0 Å². The highest BCUT2D eigenvalue weighted by molar-refractivity contribution is 6.45. The Kier molecular flexibility index (Phi) is 3.83. The summed E-state index contributed by atoms with van der Waals surface area (Å²) in [6.07, 6.45) is 0. The van der Waals surface area contributed by atoms with Crippen molar-refractivity contribution in [3.8, 4) is 11.8 Å². The van der Waals surface area contributed by atoms with Crippen LogP contribution in [0.2, 0.25) is 0 Å². The van der Waals surface area contributed by atoms with Crippen molar-refractivity contribution in [3.63, 3.8) is 0 Å². The minimum Gasteiger partial charge on any atom is -0.506 e. The molecule has 6 N–H and O–H groups in total. The molecule has 0 radical (unpaired) electrons. The average Bonchev–Trinajstić information content (AvgIpc) is 2.30. The molecule has 0 amide bonds. The van der Waals surface area contributed by atoms with Gasteiger partial charge in [-0.05, 0) is 18.2 Å². The molecule has 0 aliphatic rings. The number of carboxylic acids is 1. The zero-order chi connectivity index (χ0) is 13.7. The predicted octanol–water partition coefficient (Wildman–Crippen LogP) is 0.318. The lowest BCUT2D eigenvalue weighted by Crippen LogP contribution is -2.21. The first-order chi connectivity index (χ1) is 8.45. The van der Waals surface area contributed by atoms with Crippen molar-refractivity contribution in [2.75, 3.05) is 5.43 Å². The first-order valence-electron chi connectivity index (χ1n) is 4.60. The molecule has 0 spiro atoms. The lowest BCUT2D eigenvalue weighted by atomic mass is 10.2. The summed E-state index contributed by atoms with van der Waals surface area (Å²) in [6, 6.07) is 5.14. The number of nitrogens with two attached hydrogens (primary N) is 1. The van der Waals surface area contributed by atoms with Gasteiger partial charge in [-0.2, -0.15) is 10.4 Å². The molecule has 0 fully saturated rings. The van der Waals surface area contributed by atoms with Gasteiger partial charge >= 0.3 is 5.97 Å². The Bertz CT molecular complexity index is 573. The number of nitrogens with one attached hydrogen (secondary N) is 2. The van der Waals surface area contributed by atoms with E-state index in [0.717, 1.165) is 6.07 Å². The van der Waals surface area contributed by atoms with E-state index >= 15 is 0 Å². The fourth-order valence-electron chi connectivity index (χ4n) is 1.02. The Balaban J connectivity index is 2.97. The molecule has 1 aromatic carbocycles. The first-order valence-corrected chi connectivity index (χ1v) is 4.60. The summed E-state index contributed by atoms with van der Waals surface area (Å²) in [5.74, 6) is -2.05. The van der Waals surface area contributed by atoms with Gasteiger partial charge in [-0.1, -0.05) is 0 Å². The van der Waals surface area contributed by atoms with Crippen LogP contribution in [0.25, 0.3) is 0 Å². The van der Waals surface area contributed by atoms with Gasteiger partial charge in [0, 0.05) is 0 Å². The molecule has 0 atom stereocenters. The number of nitrogens with zero attached hydrogens (tertiary/aromatic N) is 2. The number of aromatic hydroxyl groups is 1. The molecule has 0 unspecified atom stereocenters. The standard InChI is InChI=1S/C10H9N5O3/c11-4-7(9(12)13)15-14-6-2-1-5(10(17)18)3-8(6)16/h1-3,14,16H,(H3,12,13)(H,17,18)/b15-7+. The Morgan fingerprint density at radius 1 is 1.56 bits per heavy atom. The van der Waals surface area contributed by atoms with Crippen molar-refractivity contribution in [1.29, 1.82) is 10.7 Å². The zero-order valence-electron chi connectivity index (χ0n) is 9.01.